The molecule has 0 amide bonds. The average Bonchev–Trinajstić information content (AvgIpc) is 3.46. The maximum Gasteiger partial charge on any atom is 0.128 e. The zero-order valence-electron chi connectivity index (χ0n) is 24.2. The van der Waals surface area contributed by atoms with Gasteiger partial charge in [0.2, 0.25) is 0 Å². The second-order valence-electron chi connectivity index (χ2n) is 11.9. The van der Waals surface area contributed by atoms with E-state index in [4.69, 9.17) is 4.74 Å². The Bertz CT molecular complexity index is 1320. The number of aliphatic imine (C=N–C) groups is 1. The van der Waals surface area contributed by atoms with Crippen LogP contribution in [0, 0.1) is 11.7 Å². The summed E-state index contributed by atoms with van der Waals surface area (Å²) in [4.78, 5) is 9.64. The fourth-order valence-electron chi connectivity index (χ4n) is 6.54. The highest BCUT2D eigenvalue weighted by atomic mass is 19.1. The van der Waals surface area contributed by atoms with E-state index in [1.807, 2.05) is 12.1 Å². The summed E-state index contributed by atoms with van der Waals surface area (Å²) in [5.41, 5.74) is 6.56. The number of nitrogens with zero attached hydrogens (tertiary/aromatic N) is 3. The Morgan fingerprint density at radius 2 is 1.73 bits per heavy atom. The number of hydrogen-bond donors (Lipinski definition) is 1. The summed E-state index contributed by atoms with van der Waals surface area (Å²) in [7, 11) is 0. The lowest BCUT2D eigenvalue weighted by atomic mass is 9.92. The topological polar surface area (TPSA) is 40.1 Å². The predicted molar refractivity (Wildman–Crippen MR) is 164 cm³/mol. The summed E-state index contributed by atoms with van der Waals surface area (Å²) >= 11 is 0. The maximum absolute atomic E-state index is 13.3. The van der Waals surface area contributed by atoms with E-state index >= 15 is 0 Å². The molecule has 0 unspecified atom stereocenters. The first-order valence-electron chi connectivity index (χ1n) is 15.5. The van der Waals surface area contributed by atoms with Gasteiger partial charge >= 0.3 is 0 Å². The second kappa shape index (κ2) is 13.6. The molecule has 0 atom stereocenters. The van der Waals surface area contributed by atoms with Gasteiger partial charge in [-0.25, -0.2) is 4.39 Å². The molecule has 216 valence electrons. The van der Waals surface area contributed by atoms with Gasteiger partial charge in [0.05, 0.1) is 13.2 Å². The van der Waals surface area contributed by atoms with Gasteiger partial charge < -0.3 is 10.1 Å². The number of ether oxygens (including phenoxy) is 1. The molecule has 0 bridgehead atoms. The Morgan fingerprint density at radius 1 is 0.878 bits per heavy atom. The summed E-state index contributed by atoms with van der Waals surface area (Å²) in [6.45, 7) is 8.80. The van der Waals surface area contributed by atoms with Crippen LogP contribution in [-0.2, 0) is 26.1 Å². The zero-order chi connectivity index (χ0) is 27.9. The molecule has 1 fully saturated rings. The van der Waals surface area contributed by atoms with E-state index in [9.17, 15) is 4.39 Å². The number of aryl methyl sites for hydroxylation is 1. The normalized spacial score (nSPS) is 18.4. The van der Waals surface area contributed by atoms with E-state index in [0.717, 1.165) is 88.2 Å². The van der Waals surface area contributed by atoms with Crippen LogP contribution in [0.2, 0.25) is 0 Å². The number of fused-ring (bicyclic) bond motifs is 1. The van der Waals surface area contributed by atoms with Crippen molar-refractivity contribution in [2.24, 2.45) is 10.9 Å². The van der Waals surface area contributed by atoms with Gasteiger partial charge in [0.15, 0.2) is 0 Å². The minimum Gasteiger partial charge on any atom is -0.494 e. The summed E-state index contributed by atoms with van der Waals surface area (Å²) in [6, 6.07) is 22.4. The van der Waals surface area contributed by atoms with Gasteiger partial charge in [-0.2, -0.15) is 0 Å². The Kier molecular flexibility index (Phi) is 9.28. The van der Waals surface area contributed by atoms with E-state index in [1.54, 1.807) is 12.1 Å². The minimum atomic E-state index is -0.174. The Morgan fingerprint density at radius 3 is 2.56 bits per heavy atom. The number of likely N-dealkylation sites (tertiary alicyclic amines) is 1. The molecule has 0 radical (unpaired) electrons. The molecule has 0 saturated carbocycles. The molecular weight excluding hydrogens is 511 g/mol. The molecule has 3 aliphatic heterocycles. The lowest BCUT2D eigenvalue weighted by molar-refractivity contribution is 0.166. The van der Waals surface area contributed by atoms with E-state index in [0.29, 0.717) is 0 Å². The lowest BCUT2D eigenvalue weighted by Gasteiger charge is -2.32. The van der Waals surface area contributed by atoms with Crippen LogP contribution in [0.3, 0.4) is 0 Å². The summed E-state index contributed by atoms with van der Waals surface area (Å²) in [5.74, 6) is 2.66. The van der Waals surface area contributed by atoms with Crippen molar-refractivity contribution in [3.8, 4) is 5.75 Å². The largest absolute Gasteiger partial charge is 0.494 e. The highest BCUT2D eigenvalue weighted by molar-refractivity contribution is 5.99. The monoisotopic (exact) mass is 554 g/mol. The van der Waals surface area contributed by atoms with Crippen LogP contribution in [0.15, 0.2) is 71.7 Å². The molecule has 3 aliphatic rings. The van der Waals surface area contributed by atoms with Crippen LogP contribution >= 0.6 is 0 Å². The molecular formula is C35H43FN4O. The van der Waals surface area contributed by atoms with Crippen LogP contribution in [0.5, 0.6) is 5.75 Å². The molecule has 6 heteroatoms. The van der Waals surface area contributed by atoms with Crippen molar-refractivity contribution in [3.63, 3.8) is 0 Å². The third kappa shape index (κ3) is 7.75. The summed E-state index contributed by atoms with van der Waals surface area (Å²) < 4.78 is 19.6. The lowest BCUT2D eigenvalue weighted by Crippen LogP contribution is -2.33. The molecule has 0 aliphatic carbocycles. The number of rotatable bonds is 10. The quantitative estimate of drug-likeness (QED) is 0.303. The third-order valence-electron chi connectivity index (χ3n) is 8.82. The van der Waals surface area contributed by atoms with Gasteiger partial charge in [-0.15, -0.1) is 0 Å². The van der Waals surface area contributed by atoms with Gasteiger partial charge in [-0.1, -0.05) is 36.4 Å². The number of nitrogens with one attached hydrogen (secondary N) is 1. The smallest absolute Gasteiger partial charge is 0.128 e. The predicted octanol–water partition coefficient (Wildman–Crippen LogP) is 6.20. The fourth-order valence-corrected chi connectivity index (χ4v) is 6.54. The van der Waals surface area contributed by atoms with Crippen molar-refractivity contribution in [2.75, 3.05) is 39.3 Å². The van der Waals surface area contributed by atoms with Crippen LogP contribution < -0.4 is 10.1 Å². The highest BCUT2D eigenvalue weighted by Gasteiger charge is 2.20. The van der Waals surface area contributed by atoms with Crippen molar-refractivity contribution in [2.45, 2.75) is 58.2 Å². The van der Waals surface area contributed by atoms with Crippen LogP contribution in [0.25, 0.3) is 0 Å². The zero-order valence-corrected chi connectivity index (χ0v) is 24.2. The van der Waals surface area contributed by atoms with Crippen LogP contribution in [0.4, 0.5) is 4.39 Å². The molecule has 1 saturated heterocycles. The number of halogens is 1. The van der Waals surface area contributed by atoms with Crippen LogP contribution in [-0.4, -0.2) is 55.0 Å². The van der Waals surface area contributed by atoms with Crippen molar-refractivity contribution in [1.82, 2.24) is 15.1 Å². The van der Waals surface area contributed by atoms with Crippen molar-refractivity contribution in [3.05, 3.63) is 100 Å². The van der Waals surface area contributed by atoms with Crippen molar-refractivity contribution in [1.29, 1.82) is 0 Å². The number of hydrogen-bond acceptors (Lipinski definition) is 5. The Balaban J connectivity index is 0.922. The Labute approximate surface area is 244 Å². The standard InChI is InChI=1S/C35H43FN4O/c36-33-11-8-28(9-12-33)24-40-18-2-7-30-10-13-34(23-32(30)26-40)41-21-3-5-27-14-19-39(20-15-27)25-29-4-1-6-31(22-29)35-37-16-17-38-35/h1,4,6,8-13,22-23,27H,2-3,5,7,14-21,24-26H2,(H,37,38). The number of benzene rings is 3. The van der Waals surface area contributed by atoms with E-state index < -0.39 is 0 Å². The van der Waals surface area contributed by atoms with Crippen molar-refractivity contribution >= 4 is 5.84 Å². The van der Waals surface area contributed by atoms with Gasteiger partial charge in [0.25, 0.3) is 0 Å². The number of piperidine rings is 1. The second-order valence-corrected chi connectivity index (χ2v) is 11.9. The summed E-state index contributed by atoms with van der Waals surface area (Å²) in [5, 5.41) is 3.39. The van der Waals surface area contributed by atoms with E-state index in [1.165, 1.54) is 54.6 Å². The van der Waals surface area contributed by atoms with Gasteiger partial charge in [0.1, 0.15) is 17.4 Å². The highest BCUT2D eigenvalue weighted by Crippen LogP contribution is 2.26. The molecule has 41 heavy (non-hydrogen) atoms. The maximum atomic E-state index is 13.3. The minimum absolute atomic E-state index is 0.174. The van der Waals surface area contributed by atoms with E-state index in [2.05, 4.69) is 62.6 Å². The number of amidine groups is 1. The summed E-state index contributed by atoms with van der Waals surface area (Å²) in [6.07, 6.45) is 7.15. The SMILES string of the molecule is Fc1ccc(CN2CCCc3ccc(OCCCC4CCN(Cc5cccc(C6=NCCN6)c5)CC4)cc3C2)cc1. The van der Waals surface area contributed by atoms with Gasteiger partial charge in [-0.3, -0.25) is 14.8 Å². The molecule has 5 nitrogen and oxygen atoms in total. The third-order valence-corrected chi connectivity index (χ3v) is 8.82. The molecule has 1 N–H and O–H groups in total. The Hall–Kier alpha value is -3.22. The molecule has 6 rings (SSSR count). The molecule has 0 aromatic heterocycles. The molecule has 3 aromatic carbocycles. The molecule has 3 heterocycles. The average molecular weight is 555 g/mol. The molecule has 3 aromatic rings. The fraction of sp³-hybridized carbons (Fsp3) is 0.457. The van der Waals surface area contributed by atoms with Gasteiger partial charge in [-0.05, 0) is 117 Å². The first-order chi connectivity index (χ1) is 20.2. The van der Waals surface area contributed by atoms with Crippen LogP contribution in [0.1, 0.15) is 59.9 Å². The first-order valence-corrected chi connectivity index (χ1v) is 15.5. The first kappa shape index (κ1) is 27.9. The molecule has 0 spiro atoms. The van der Waals surface area contributed by atoms with Gasteiger partial charge in [0, 0.05) is 31.7 Å². The van der Waals surface area contributed by atoms with E-state index in [-0.39, 0.29) is 5.82 Å². The van der Waals surface area contributed by atoms with Crippen molar-refractivity contribution < 1.29 is 9.13 Å².